The van der Waals surface area contributed by atoms with E-state index in [1.807, 2.05) is 18.7 Å². The van der Waals surface area contributed by atoms with Crippen LogP contribution < -0.4 is 15.5 Å². The molecular weight excluding hydrogens is 367 g/mol. The van der Waals surface area contributed by atoms with E-state index in [-0.39, 0.29) is 41.7 Å². The second kappa shape index (κ2) is 6.66. The number of anilines is 1. The number of hydrogen-bond acceptors (Lipinski definition) is 6. The molecule has 8 nitrogen and oxygen atoms in total. The summed E-state index contributed by atoms with van der Waals surface area (Å²) < 4.78 is 15.3. The maximum atomic E-state index is 15.3. The zero-order chi connectivity index (χ0) is 20.2. The average molecular weight is 388 g/mol. The van der Waals surface area contributed by atoms with E-state index < -0.39 is 35.5 Å². The fourth-order valence-electron chi connectivity index (χ4n) is 4.27. The van der Waals surface area contributed by atoms with Gasteiger partial charge in [0.1, 0.15) is 6.04 Å². The fraction of sp³-hybridized carbons (Fsp3) is 0.474. The van der Waals surface area contributed by atoms with Crippen molar-refractivity contribution in [2.75, 3.05) is 18.0 Å². The Morgan fingerprint density at radius 2 is 1.71 bits per heavy atom. The van der Waals surface area contributed by atoms with Gasteiger partial charge in [0.05, 0.1) is 16.8 Å². The van der Waals surface area contributed by atoms with E-state index in [1.165, 1.54) is 12.1 Å². The van der Waals surface area contributed by atoms with Crippen LogP contribution in [0.15, 0.2) is 12.1 Å². The molecule has 0 spiro atoms. The molecule has 0 aliphatic carbocycles. The van der Waals surface area contributed by atoms with E-state index in [1.54, 1.807) is 0 Å². The lowest BCUT2D eigenvalue weighted by Crippen LogP contribution is -2.54. The lowest BCUT2D eigenvalue weighted by atomic mass is 10.0. The number of carbonyl (C=O) groups excluding carboxylic acids is 4. The lowest BCUT2D eigenvalue weighted by molar-refractivity contribution is -0.136. The second-order valence-electron chi connectivity index (χ2n) is 7.64. The number of piperidine rings is 1. The van der Waals surface area contributed by atoms with Crippen LogP contribution >= 0.6 is 0 Å². The van der Waals surface area contributed by atoms with Gasteiger partial charge in [0.15, 0.2) is 5.82 Å². The van der Waals surface area contributed by atoms with Gasteiger partial charge in [0, 0.05) is 31.6 Å². The summed E-state index contributed by atoms with van der Waals surface area (Å²) in [7, 11) is 0. The summed E-state index contributed by atoms with van der Waals surface area (Å²) in [6.45, 7) is 5.12. The molecule has 3 aliphatic heterocycles. The quantitative estimate of drug-likeness (QED) is 0.713. The van der Waals surface area contributed by atoms with Crippen molar-refractivity contribution in [3.63, 3.8) is 0 Å². The number of carbonyl (C=O) groups is 4. The smallest absolute Gasteiger partial charge is 0.265 e. The number of imide groups is 2. The van der Waals surface area contributed by atoms with Crippen molar-refractivity contribution in [2.24, 2.45) is 0 Å². The highest BCUT2D eigenvalue weighted by atomic mass is 19.1. The minimum absolute atomic E-state index is 0.0219. The average Bonchev–Trinajstić information content (AvgIpc) is 2.86. The molecule has 0 saturated carbocycles. The number of rotatable bonds is 2. The molecule has 3 unspecified atom stereocenters. The number of fused-ring (bicyclic) bond motifs is 1. The van der Waals surface area contributed by atoms with Crippen LogP contribution in [-0.2, 0) is 9.59 Å². The SMILES string of the molecule is CC1CN(c2ccc3c(c2F)C(=O)N(C2CCC(=O)NC2=O)C3=O)CC(C)N1. The molecule has 148 valence electrons. The second-order valence-corrected chi connectivity index (χ2v) is 7.64. The molecule has 2 fully saturated rings. The van der Waals surface area contributed by atoms with Gasteiger partial charge in [-0.3, -0.25) is 29.4 Å². The molecular formula is C19H21FN4O4. The highest BCUT2D eigenvalue weighted by Crippen LogP contribution is 2.34. The van der Waals surface area contributed by atoms with Gasteiger partial charge in [0.2, 0.25) is 11.8 Å². The molecule has 3 atom stereocenters. The van der Waals surface area contributed by atoms with Crippen LogP contribution in [0.3, 0.4) is 0 Å². The van der Waals surface area contributed by atoms with E-state index in [0.29, 0.717) is 13.1 Å². The third kappa shape index (κ3) is 2.86. The van der Waals surface area contributed by atoms with Crippen molar-refractivity contribution >= 4 is 29.3 Å². The normalized spacial score (nSPS) is 27.9. The lowest BCUT2D eigenvalue weighted by Gasteiger charge is -2.37. The number of halogens is 1. The van der Waals surface area contributed by atoms with Crippen LogP contribution in [0.1, 0.15) is 47.4 Å². The number of nitrogens with one attached hydrogen (secondary N) is 2. The molecule has 0 bridgehead atoms. The zero-order valence-corrected chi connectivity index (χ0v) is 15.6. The molecule has 9 heteroatoms. The van der Waals surface area contributed by atoms with Gasteiger partial charge >= 0.3 is 0 Å². The number of piperazine rings is 1. The Hall–Kier alpha value is -2.81. The minimum Gasteiger partial charge on any atom is -0.366 e. The van der Waals surface area contributed by atoms with Gasteiger partial charge in [0.25, 0.3) is 11.8 Å². The summed E-state index contributed by atoms with van der Waals surface area (Å²) in [6, 6.07) is 2.14. The first-order chi connectivity index (χ1) is 13.3. The van der Waals surface area contributed by atoms with E-state index in [9.17, 15) is 19.2 Å². The van der Waals surface area contributed by atoms with Gasteiger partial charge < -0.3 is 10.2 Å². The van der Waals surface area contributed by atoms with Gasteiger partial charge in [-0.15, -0.1) is 0 Å². The molecule has 4 amide bonds. The van der Waals surface area contributed by atoms with Crippen molar-refractivity contribution in [1.29, 1.82) is 0 Å². The number of benzene rings is 1. The predicted molar refractivity (Wildman–Crippen MR) is 97.3 cm³/mol. The van der Waals surface area contributed by atoms with Crippen molar-refractivity contribution in [3.05, 3.63) is 29.1 Å². The Bertz CT molecular complexity index is 892. The summed E-state index contributed by atoms with van der Waals surface area (Å²) in [5.41, 5.74) is -0.0801. The summed E-state index contributed by atoms with van der Waals surface area (Å²) in [5.74, 6) is -3.44. The summed E-state index contributed by atoms with van der Waals surface area (Å²) in [4.78, 5) is 51.7. The molecule has 3 heterocycles. The van der Waals surface area contributed by atoms with Crippen molar-refractivity contribution in [2.45, 2.75) is 44.8 Å². The Labute approximate surface area is 161 Å². The maximum absolute atomic E-state index is 15.3. The van der Waals surface area contributed by atoms with E-state index >= 15 is 4.39 Å². The van der Waals surface area contributed by atoms with E-state index in [4.69, 9.17) is 0 Å². The monoisotopic (exact) mass is 388 g/mol. The Kier molecular flexibility index (Phi) is 4.41. The summed E-state index contributed by atoms with van der Waals surface area (Å²) in [5, 5.41) is 5.49. The highest BCUT2D eigenvalue weighted by Gasteiger charge is 2.46. The van der Waals surface area contributed by atoms with Gasteiger partial charge in [-0.2, -0.15) is 0 Å². The minimum atomic E-state index is -1.10. The topological polar surface area (TPSA) is 98.8 Å². The largest absolute Gasteiger partial charge is 0.366 e. The van der Waals surface area contributed by atoms with Gasteiger partial charge in [-0.1, -0.05) is 0 Å². The van der Waals surface area contributed by atoms with Crippen LogP contribution in [-0.4, -0.2) is 59.7 Å². The van der Waals surface area contributed by atoms with E-state index in [2.05, 4.69) is 10.6 Å². The molecule has 1 aromatic rings. The third-order valence-corrected chi connectivity index (χ3v) is 5.42. The van der Waals surface area contributed by atoms with Gasteiger partial charge in [-0.25, -0.2) is 4.39 Å². The Morgan fingerprint density at radius 3 is 2.36 bits per heavy atom. The molecule has 2 N–H and O–H groups in total. The third-order valence-electron chi connectivity index (χ3n) is 5.42. The standard InChI is InChI=1S/C19H21FN4O4/c1-9-7-23(8-10(2)21-9)12-4-3-11-15(16(12)20)19(28)24(18(11)27)13-5-6-14(25)22-17(13)26/h3-4,9-10,13,21H,5-8H2,1-2H3,(H,22,25,26). The fourth-order valence-corrected chi connectivity index (χ4v) is 4.27. The number of amides is 4. The maximum Gasteiger partial charge on any atom is 0.265 e. The first-order valence-electron chi connectivity index (χ1n) is 9.33. The molecule has 28 heavy (non-hydrogen) atoms. The molecule has 1 aromatic carbocycles. The van der Waals surface area contributed by atoms with Crippen LogP contribution in [0.25, 0.3) is 0 Å². The molecule has 2 saturated heterocycles. The van der Waals surface area contributed by atoms with Crippen LogP contribution in [0.5, 0.6) is 0 Å². The van der Waals surface area contributed by atoms with Crippen LogP contribution in [0.2, 0.25) is 0 Å². The first-order valence-corrected chi connectivity index (χ1v) is 9.33. The van der Waals surface area contributed by atoms with Crippen molar-refractivity contribution in [3.8, 4) is 0 Å². The van der Waals surface area contributed by atoms with E-state index in [0.717, 1.165) is 4.90 Å². The van der Waals surface area contributed by atoms with Crippen LogP contribution in [0.4, 0.5) is 10.1 Å². The molecule has 0 radical (unpaired) electrons. The highest BCUT2D eigenvalue weighted by molar-refractivity contribution is 6.24. The number of hydrogen-bond donors (Lipinski definition) is 2. The summed E-state index contributed by atoms with van der Waals surface area (Å²) in [6.07, 6.45) is 0.0610. The summed E-state index contributed by atoms with van der Waals surface area (Å²) >= 11 is 0. The Balaban J connectivity index is 1.68. The molecule has 0 aromatic heterocycles. The van der Waals surface area contributed by atoms with Crippen LogP contribution in [0, 0.1) is 5.82 Å². The number of nitrogens with zero attached hydrogens (tertiary/aromatic N) is 2. The molecule has 4 rings (SSSR count). The predicted octanol–water partition coefficient (Wildman–Crippen LogP) is 0.413. The van der Waals surface area contributed by atoms with Crippen molar-refractivity contribution < 1.29 is 23.6 Å². The first kappa shape index (κ1) is 18.5. The zero-order valence-electron chi connectivity index (χ0n) is 15.6. The Morgan fingerprint density at radius 1 is 1.04 bits per heavy atom. The van der Waals surface area contributed by atoms with Gasteiger partial charge in [-0.05, 0) is 32.4 Å². The van der Waals surface area contributed by atoms with Crippen molar-refractivity contribution in [1.82, 2.24) is 15.5 Å². The molecule has 3 aliphatic rings.